The van der Waals surface area contributed by atoms with Crippen molar-refractivity contribution in [3.05, 3.63) is 0 Å². The lowest BCUT2D eigenvalue weighted by molar-refractivity contribution is 0.0544. The van der Waals surface area contributed by atoms with E-state index in [1.165, 1.54) is 0 Å². The minimum Gasteiger partial charge on any atom is -0.374 e. The van der Waals surface area contributed by atoms with Crippen molar-refractivity contribution in [2.75, 3.05) is 26.4 Å². The van der Waals surface area contributed by atoms with Crippen molar-refractivity contribution < 1.29 is 21.8 Å². The molecule has 0 aliphatic rings. The summed E-state index contributed by atoms with van der Waals surface area (Å²) in [5.74, 6) is 0. The lowest BCUT2D eigenvalue weighted by Crippen LogP contribution is -2.57. The predicted molar refractivity (Wildman–Crippen MR) is 75.4 cm³/mol. The van der Waals surface area contributed by atoms with Gasteiger partial charge in [0.05, 0.1) is 0 Å². The van der Waals surface area contributed by atoms with Crippen molar-refractivity contribution in [2.45, 2.75) is 47.2 Å². The molecule has 0 atom stereocenters. The van der Waals surface area contributed by atoms with Gasteiger partial charge in [-0.05, 0) is 27.7 Å². The molecule has 0 rings (SSSR count). The Bertz CT molecular complexity index is 204. The molecule has 0 aromatic carbocycles. The molecule has 0 spiro atoms. The van der Waals surface area contributed by atoms with Crippen molar-refractivity contribution in [3.8, 4) is 0 Å². The highest BCUT2D eigenvalue weighted by atomic mass is 28.5. The van der Waals surface area contributed by atoms with Gasteiger partial charge in [-0.25, -0.2) is 0 Å². The molecule has 7 heteroatoms. The van der Waals surface area contributed by atoms with E-state index in [9.17, 15) is 0 Å². The van der Waals surface area contributed by atoms with Crippen LogP contribution < -0.4 is 0 Å². The number of rotatable bonds is 11. The van der Waals surface area contributed by atoms with Crippen LogP contribution in [0.15, 0.2) is 0 Å². The summed E-state index contributed by atoms with van der Waals surface area (Å²) in [5, 5.41) is 0. The molecular weight excluding hydrogens is 268 g/mol. The van der Waals surface area contributed by atoms with Crippen molar-refractivity contribution in [1.82, 2.24) is 0 Å². The maximum absolute atomic E-state index is 6.13. The summed E-state index contributed by atoms with van der Waals surface area (Å²) in [7, 11) is -5.34. The maximum Gasteiger partial charge on any atom is 0.493 e. The Kier molecular flexibility index (Phi) is 9.31. The van der Waals surface area contributed by atoms with Crippen LogP contribution in [0.1, 0.15) is 34.6 Å². The summed E-state index contributed by atoms with van der Waals surface area (Å²) < 4.78 is 29.1. The highest BCUT2D eigenvalue weighted by molar-refractivity contribution is 6.74. The second-order valence-electron chi connectivity index (χ2n) is 3.73. The maximum atomic E-state index is 6.13. The summed E-state index contributed by atoms with van der Waals surface area (Å²) in [5.41, 5.74) is 0. The van der Waals surface area contributed by atoms with Crippen LogP contribution in [0, 0.1) is 0 Å². The average molecular weight is 297 g/mol. The Balaban J connectivity index is 4.87. The summed E-state index contributed by atoms with van der Waals surface area (Å²) in [4.78, 5) is 0. The van der Waals surface area contributed by atoms with Crippen LogP contribution in [0.3, 0.4) is 0 Å². The molecule has 0 amide bonds. The first kappa shape index (κ1) is 18.2. The molecule has 110 valence electrons. The first-order valence-electron chi connectivity index (χ1n) is 6.77. The van der Waals surface area contributed by atoms with Gasteiger partial charge < -0.3 is 21.8 Å². The SMILES string of the molecule is CCO[Si](C)(OCC)O[Si](CC)(OCC)OCC. The van der Waals surface area contributed by atoms with Crippen LogP contribution in [0.25, 0.3) is 0 Å². The zero-order valence-corrected chi connectivity index (χ0v) is 14.6. The largest absolute Gasteiger partial charge is 0.493 e. The average Bonchev–Trinajstić information content (AvgIpc) is 2.30. The molecule has 0 aliphatic heterocycles. The Hall–Kier alpha value is 0.234. The van der Waals surface area contributed by atoms with Crippen LogP contribution >= 0.6 is 0 Å². The lowest BCUT2D eigenvalue weighted by Gasteiger charge is -2.35. The normalized spacial score (nSPS) is 13.0. The first-order chi connectivity index (χ1) is 8.51. The standard InChI is InChI=1S/C11H28O5Si2/c1-7-12-17(6,13-8-2)16-18(11-5,14-9-3)15-10-4/h7-11H2,1-6H3. The molecule has 5 nitrogen and oxygen atoms in total. The fourth-order valence-electron chi connectivity index (χ4n) is 1.72. The van der Waals surface area contributed by atoms with Crippen molar-refractivity contribution in [1.29, 1.82) is 0 Å². The summed E-state index contributed by atoms with van der Waals surface area (Å²) >= 11 is 0. The Morgan fingerprint density at radius 1 is 0.667 bits per heavy atom. The van der Waals surface area contributed by atoms with E-state index < -0.39 is 17.6 Å². The van der Waals surface area contributed by atoms with Gasteiger partial charge in [0, 0.05) is 39.0 Å². The van der Waals surface area contributed by atoms with E-state index in [0.29, 0.717) is 26.4 Å². The molecule has 0 saturated carbocycles. The smallest absolute Gasteiger partial charge is 0.374 e. The number of hydrogen-bond acceptors (Lipinski definition) is 5. The second-order valence-corrected chi connectivity index (χ2v) is 9.50. The van der Waals surface area contributed by atoms with Crippen LogP contribution in [0.4, 0.5) is 0 Å². The van der Waals surface area contributed by atoms with Crippen LogP contribution in [-0.4, -0.2) is 44.0 Å². The summed E-state index contributed by atoms with van der Waals surface area (Å²) in [6, 6.07) is 0.720. The third-order valence-electron chi connectivity index (χ3n) is 2.32. The van der Waals surface area contributed by atoms with E-state index in [4.69, 9.17) is 21.8 Å². The molecule has 18 heavy (non-hydrogen) atoms. The van der Waals surface area contributed by atoms with Crippen molar-refractivity contribution in [3.63, 3.8) is 0 Å². The molecule has 0 unspecified atom stereocenters. The van der Waals surface area contributed by atoms with Gasteiger partial charge in [-0.15, -0.1) is 0 Å². The van der Waals surface area contributed by atoms with Crippen LogP contribution in [-0.2, 0) is 21.8 Å². The highest BCUT2D eigenvalue weighted by Crippen LogP contribution is 2.22. The number of hydrogen-bond donors (Lipinski definition) is 0. The molecule has 0 fully saturated rings. The Morgan fingerprint density at radius 2 is 1.06 bits per heavy atom. The van der Waals surface area contributed by atoms with E-state index in [0.717, 1.165) is 6.04 Å². The van der Waals surface area contributed by atoms with Crippen LogP contribution in [0.5, 0.6) is 0 Å². The van der Waals surface area contributed by atoms with Gasteiger partial charge in [0.15, 0.2) is 0 Å². The highest BCUT2D eigenvalue weighted by Gasteiger charge is 2.49. The predicted octanol–water partition coefficient (Wildman–Crippen LogP) is 2.68. The monoisotopic (exact) mass is 296 g/mol. The quantitative estimate of drug-likeness (QED) is 0.549. The van der Waals surface area contributed by atoms with Crippen molar-refractivity contribution >= 4 is 17.6 Å². The summed E-state index contributed by atoms with van der Waals surface area (Å²) in [6.07, 6.45) is 0. The van der Waals surface area contributed by atoms with Gasteiger partial charge in [0.25, 0.3) is 0 Å². The molecule has 0 aliphatic carbocycles. The molecule has 0 aromatic rings. The zero-order valence-electron chi connectivity index (χ0n) is 12.6. The van der Waals surface area contributed by atoms with E-state index in [1.54, 1.807) is 0 Å². The second kappa shape index (κ2) is 9.19. The van der Waals surface area contributed by atoms with Gasteiger partial charge in [-0.3, -0.25) is 0 Å². The third-order valence-corrected chi connectivity index (χ3v) is 8.99. The zero-order chi connectivity index (χ0) is 14.1. The molecule has 0 radical (unpaired) electrons. The third kappa shape index (κ3) is 5.92. The van der Waals surface area contributed by atoms with Gasteiger partial charge in [0.1, 0.15) is 0 Å². The molecule has 0 saturated heterocycles. The van der Waals surface area contributed by atoms with Gasteiger partial charge in [-0.1, -0.05) is 6.92 Å². The summed E-state index contributed by atoms with van der Waals surface area (Å²) in [6.45, 7) is 13.9. The van der Waals surface area contributed by atoms with E-state index >= 15 is 0 Å². The Morgan fingerprint density at radius 3 is 1.33 bits per heavy atom. The molecule has 0 N–H and O–H groups in total. The molecule has 0 aromatic heterocycles. The molecule has 0 heterocycles. The molecular formula is C11H28O5Si2. The minimum atomic E-state index is -2.67. The Labute approximate surface area is 113 Å². The minimum absolute atomic E-state index is 0.565. The lowest BCUT2D eigenvalue weighted by atomic mass is 10.9. The van der Waals surface area contributed by atoms with Gasteiger partial charge in [0.2, 0.25) is 0 Å². The van der Waals surface area contributed by atoms with Crippen molar-refractivity contribution in [2.24, 2.45) is 0 Å². The fraction of sp³-hybridized carbons (Fsp3) is 1.00. The van der Waals surface area contributed by atoms with Gasteiger partial charge in [-0.2, -0.15) is 0 Å². The first-order valence-corrected chi connectivity index (χ1v) is 10.9. The van der Waals surface area contributed by atoms with E-state index in [1.807, 2.05) is 41.2 Å². The van der Waals surface area contributed by atoms with Crippen LogP contribution in [0.2, 0.25) is 12.6 Å². The topological polar surface area (TPSA) is 46.2 Å². The molecule has 0 bridgehead atoms. The van der Waals surface area contributed by atoms with E-state index in [2.05, 4.69) is 0 Å². The van der Waals surface area contributed by atoms with Gasteiger partial charge >= 0.3 is 17.6 Å². The van der Waals surface area contributed by atoms with E-state index in [-0.39, 0.29) is 0 Å². The fourth-order valence-corrected chi connectivity index (χ4v) is 8.01.